The molecule has 0 aliphatic carbocycles. The zero-order valence-corrected chi connectivity index (χ0v) is 17.8. The first kappa shape index (κ1) is 23.7. The van der Waals surface area contributed by atoms with Gasteiger partial charge >= 0.3 is 0 Å². The van der Waals surface area contributed by atoms with Gasteiger partial charge in [-0.15, -0.1) is 0 Å². The van der Waals surface area contributed by atoms with Gasteiger partial charge in [-0.2, -0.15) is 0 Å². The Morgan fingerprint density at radius 2 is 1.59 bits per heavy atom. The van der Waals surface area contributed by atoms with Crippen molar-refractivity contribution in [2.45, 2.75) is 96.8 Å². The number of allylic oxidation sites excluding steroid dienone is 2. The van der Waals surface area contributed by atoms with Gasteiger partial charge in [0.1, 0.15) is 0 Å². The molecule has 0 unspecified atom stereocenters. The molecule has 0 spiro atoms. The van der Waals surface area contributed by atoms with Crippen molar-refractivity contribution in [3.8, 4) is 0 Å². The van der Waals surface area contributed by atoms with E-state index in [1.54, 1.807) is 0 Å². The molecule has 0 fully saturated rings. The molecule has 1 N–H and O–H groups in total. The number of unbranched alkanes of at least 4 members (excludes halogenated alkanes) is 11. The first-order chi connectivity index (χ1) is 13.3. The molecule has 4 heteroatoms. The van der Waals surface area contributed by atoms with Crippen LogP contribution in [-0.2, 0) is 4.79 Å². The van der Waals surface area contributed by atoms with Crippen LogP contribution in [-0.4, -0.2) is 43.3 Å². The van der Waals surface area contributed by atoms with E-state index < -0.39 is 0 Å². The molecule has 0 radical (unpaired) electrons. The maximum atomic E-state index is 11.8. The fraction of sp³-hybridized carbons (Fsp3) is 0.826. The predicted octanol–water partition coefficient (Wildman–Crippen LogP) is 5.48. The fourth-order valence-corrected chi connectivity index (χ4v) is 3.37. The first-order valence-electron chi connectivity index (χ1n) is 11.5. The summed E-state index contributed by atoms with van der Waals surface area (Å²) in [6.07, 6.45) is 24.1. The molecule has 0 aromatic carbocycles. The van der Waals surface area contributed by atoms with Crippen LogP contribution >= 0.6 is 0 Å². The van der Waals surface area contributed by atoms with Gasteiger partial charge in [-0.1, -0.05) is 70.4 Å². The highest BCUT2D eigenvalue weighted by Crippen LogP contribution is 2.09. The van der Waals surface area contributed by atoms with Crippen LogP contribution in [0, 0.1) is 0 Å². The van der Waals surface area contributed by atoms with Crippen molar-refractivity contribution in [2.24, 2.45) is 4.99 Å². The van der Waals surface area contributed by atoms with Crippen molar-refractivity contribution in [3.05, 3.63) is 12.2 Å². The molecule has 1 amide bonds. The van der Waals surface area contributed by atoms with Crippen molar-refractivity contribution < 1.29 is 4.79 Å². The van der Waals surface area contributed by atoms with Crippen LogP contribution in [0.25, 0.3) is 0 Å². The Bertz CT molecular complexity index is 406. The summed E-state index contributed by atoms with van der Waals surface area (Å²) in [5.74, 6) is 0.198. The van der Waals surface area contributed by atoms with E-state index in [4.69, 9.17) is 0 Å². The molecule has 0 aromatic rings. The number of carbonyl (C=O) groups excluding carboxylic acids is 1. The summed E-state index contributed by atoms with van der Waals surface area (Å²) in [5.41, 5.74) is 0. The third-order valence-electron chi connectivity index (χ3n) is 5.15. The largest absolute Gasteiger partial charge is 0.359 e. The minimum atomic E-state index is 0.198. The second-order valence-electron chi connectivity index (χ2n) is 7.74. The number of hydrogen-bond donors (Lipinski definition) is 1. The van der Waals surface area contributed by atoms with Gasteiger partial charge in [-0.25, -0.2) is 0 Å². The molecule has 156 valence electrons. The van der Waals surface area contributed by atoms with Crippen molar-refractivity contribution in [1.29, 1.82) is 0 Å². The summed E-state index contributed by atoms with van der Waals surface area (Å²) in [6.45, 7) is 5.76. The van der Waals surface area contributed by atoms with E-state index in [9.17, 15) is 4.79 Å². The molecule has 27 heavy (non-hydrogen) atoms. The molecule has 0 aromatic heterocycles. The number of amides is 1. The summed E-state index contributed by atoms with van der Waals surface area (Å²) < 4.78 is 0. The third kappa shape index (κ3) is 15.4. The summed E-state index contributed by atoms with van der Waals surface area (Å²) in [6, 6.07) is 0. The molecular formula is C23H43N3O. The lowest BCUT2D eigenvalue weighted by Crippen LogP contribution is -2.33. The number of nitrogens with one attached hydrogen (secondary N) is 1. The van der Waals surface area contributed by atoms with Crippen LogP contribution in [0.15, 0.2) is 17.1 Å². The number of carbonyl (C=O) groups is 1. The average molecular weight is 378 g/mol. The van der Waals surface area contributed by atoms with Crippen LogP contribution in [0.3, 0.4) is 0 Å². The van der Waals surface area contributed by atoms with Crippen LogP contribution in [0.4, 0.5) is 0 Å². The van der Waals surface area contributed by atoms with E-state index in [-0.39, 0.29) is 5.91 Å². The zero-order chi connectivity index (χ0) is 19.4. The molecule has 1 heterocycles. The van der Waals surface area contributed by atoms with Crippen molar-refractivity contribution >= 4 is 12.2 Å². The second-order valence-corrected chi connectivity index (χ2v) is 7.74. The molecular weight excluding hydrogens is 334 g/mol. The number of aliphatic imine (C=N–C) groups is 1. The summed E-state index contributed by atoms with van der Waals surface area (Å²) in [4.78, 5) is 18.1. The lowest BCUT2D eigenvalue weighted by Gasteiger charge is -2.13. The Balaban J connectivity index is 1.76. The highest BCUT2D eigenvalue weighted by molar-refractivity contribution is 5.75. The quantitative estimate of drug-likeness (QED) is 0.254. The van der Waals surface area contributed by atoms with Crippen LogP contribution < -0.4 is 5.32 Å². The molecule has 1 aliphatic rings. The molecule has 1 aliphatic heterocycles. The van der Waals surface area contributed by atoms with E-state index in [2.05, 4.69) is 34.3 Å². The van der Waals surface area contributed by atoms with Gasteiger partial charge in [0.05, 0.1) is 12.9 Å². The zero-order valence-electron chi connectivity index (χ0n) is 17.8. The summed E-state index contributed by atoms with van der Waals surface area (Å²) in [5, 5.41) is 3.01. The molecule has 0 atom stereocenters. The first-order valence-corrected chi connectivity index (χ1v) is 11.5. The van der Waals surface area contributed by atoms with Crippen molar-refractivity contribution in [1.82, 2.24) is 10.2 Å². The minimum Gasteiger partial charge on any atom is -0.359 e. The van der Waals surface area contributed by atoms with Gasteiger partial charge in [0, 0.05) is 26.1 Å². The Labute approximate surface area is 167 Å². The molecule has 0 saturated carbocycles. The van der Waals surface area contributed by atoms with Crippen LogP contribution in [0.2, 0.25) is 0 Å². The standard InChI is InChI=1S/C23H43N3O/c1-2-3-4-5-6-7-8-9-10-11-12-13-14-15-16-17-23(27)25-19-21-26-20-18-24-22-26/h9-10,22H,2-8,11-21H2,1H3,(H,25,27)/b10-9-. The Morgan fingerprint density at radius 3 is 2.22 bits per heavy atom. The minimum absolute atomic E-state index is 0.198. The van der Waals surface area contributed by atoms with Gasteiger partial charge in [-0.3, -0.25) is 9.79 Å². The van der Waals surface area contributed by atoms with Crippen LogP contribution in [0.1, 0.15) is 96.8 Å². The summed E-state index contributed by atoms with van der Waals surface area (Å²) in [7, 11) is 0. The second kappa shape index (κ2) is 18.1. The van der Waals surface area contributed by atoms with Gasteiger partial charge < -0.3 is 10.2 Å². The van der Waals surface area contributed by atoms with Gasteiger partial charge in [0.25, 0.3) is 0 Å². The Morgan fingerprint density at radius 1 is 0.963 bits per heavy atom. The van der Waals surface area contributed by atoms with E-state index in [0.29, 0.717) is 6.42 Å². The Kier molecular flexibility index (Phi) is 15.9. The van der Waals surface area contributed by atoms with Crippen LogP contribution in [0.5, 0.6) is 0 Å². The monoisotopic (exact) mass is 377 g/mol. The van der Waals surface area contributed by atoms with E-state index >= 15 is 0 Å². The number of hydrogen-bond acceptors (Lipinski definition) is 3. The highest BCUT2D eigenvalue weighted by Gasteiger charge is 2.05. The maximum Gasteiger partial charge on any atom is 0.220 e. The molecule has 0 saturated heterocycles. The number of nitrogens with zero attached hydrogens (tertiary/aromatic N) is 2. The van der Waals surface area contributed by atoms with E-state index in [1.165, 1.54) is 77.0 Å². The predicted molar refractivity (Wildman–Crippen MR) is 117 cm³/mol. The van der Waals surface area contributed by atoms with Gasteiger partial charge in [0.2, 0.25) is 5.91 Å². The van der Waals surface area contributed by atoms with Gasteiger partial charge in [0.15, 0.2) is 0 Å². The lowest BCUT2D eigenvalue weighted by atomic mass is 10.1. The van der Waals surface area contributed by atoms with Crippen molar-refractivity contribution in [3.63, 3.8) is 0 Å². The SMILES string of the molecule is CCCCCCCC/C=C\CCCCCCCC(=O)NCCN1C=NCC1. The molecule has 1 rings (SSSR count). The average Bonchev–Trinajstić information content (AvgIpc) is 3.18. The fourth-order valence-electron chi connectivity index (χ4n) is 3.37. The highest BCUT2D eigenvalue weighted by atomic mass is 16.1. The van der Waals surface area contributed by atoms with E-state index in [1.807, 2.05) is 6.34 Å². The Hall–Kier alpha value is -1.32. The molecule has 0 bridgehead atoms. The number of rotatable bonds is 18. The molecule has 4 nitrogen and oxygen atoms in total. The normalized spacial score (nSPS) is 13.7. The smallest absolute Gasteiger partial charge is 0.220 e. The van der Waals surface area contributed by atoms with Gasteiger partial charge in [-0.05, 0) is 32.1 Å². The topological polar surface area (TPSA) is 44.7 Å². The summed E-state index contributed by atoms with van der Waals surface area (Å²) >= 11 is 0. The van der Waals surface area contributed by atoms with E-state index in [0.717, 1.165) is 32.6 Å². The maximum absolute atomic E-state index is 11.8. The third-order valence-corrected chi connectivity index (χ3v) is 5.15. The lowest BCUT2D eigenvalue weighted by molar-refractivity contribution is -0.121. The van der Waals surface area contributed by atoms with Crippen molar-refractivity contribution in [2.75, 3.05) is 26.2 Å².